The highest BCUT2D eigenvalue weighted by molar-refractivity contribution is 5.11. The lowest BCUT2D eigenvalue weighted by Gasteiger charge is -2.21. The van der Waals surface area contributed by atoms with E-state index in [9.17, 15) is 5.11 Å². The van der Waals surface area contributed by atoms with E-state index in [0.29, 0.717) is 5.92 Å². The van der Waals surface area contributed by atoms with Crippen LogP contribution in [0.2, 0.25) is 0 Å². The predicted molar refractivity (Wildman–Crippen MR) is 52.0 cm³/mol. The summed E-state index contributed by atoms with van der Waals surface area (Å²) in [5.74, 6) is 0.685. The zero-order valence-electron chi connectivity index (χ0n) is 8.21. The molecule has 1 heteroatoms. The minimum absolute atomic E-state index is 0.159. The first-order valence-corrected chi connectivity index (χ1v) is 5.12. The molecule has 2 unspecified atom stereocenters. The molecule has 0 aromatic heterocycles. The van der Waals surface area contributed by atoms with Crippen molar-refractivity contribution in [2.24, 2.45) is 5.92 Å². The molecular formula is C11H20O. The van der Waals surface area contributed by atoms with E-state index in [0.717, 1.165) is 6.42 Å². The minimum atomic E-state index is -0.159. The van der Waals surface area contributed by atoms with Crippen molar-refractivity contribution in [3.8, 4) is 0 Å². The Morgan fingerprint density at radius 2 is 2.42 bits per heavy atom. The lowest BCUT2D eigenvalue weighted by atomic mass is 9.87. The van der Waals surface area contributed by atoms with Crippen LogP contribution in [0, 0.1) is 5.92 Å². The minimum Gasteiger partial charge on any atom is -0.389 e. The van der Waals surface area contributed by atoms with E-state index in [-0.39, 0.29) is 6.10 Å². The van der Waals surface area contributed by atoms with Crippen LogP contribution in [0.4, 0.5) is 0 Å². The Bertz CT molecular complexity index is 160. The van der Waals surface area contributed by atoms with E-state index in [2.05, 4.69) is 19.9 Å². The quantitative estimate of drug-likeness (QED) is 0.642. The Labute approximate surface area is 75.5 Å². The molecule has 2 atom stereocenters. The molecule has 0 bridgehead atoms. The molecule has 0 aromatic rings. The van der Waals surface area contributed by atoms with Gasteiger partial charge >= 0.3 is 0 Å². The van der Waals surface area contributed by atoms with Crippen LogP contribution in [-0.2, 0) is 0 Å². The number of hydrogen-bond donors (Lipinski definition) is 1. The first kappa shape index (κ1) is 9.79. The summed E-state index contributed by atoms with van der Waals surface area (Å²) in [5.41, 5.74) is 1.48. The molecule has 0 spiro atoms. The van der Waals surface area contributed by atoms with Gasteiger partial charge in [0.15, 0.2) is 0 Å². The van der Waals surface area contributed by atoms with E-state index in [1.54, 1.807) is 0 Å². The molecule has 0 aliphatic heterocycles. The van der Waals surface area contributed by atoms with Crippen molar-refractivity contribution in [2.45, 2.75) is 52.1 Å². The van der Waals surface area contributed by atoms with Gasteiger partial charge in [0.2, 0.25) is 0 Å². The largest absolute Gasteiger partial charge is 0.389 e. The van der Waals surface area contributed by atoms with Gasteiger partial charge in [0.1, 0.15) is 0 Å². The van der Waals surface area contributed by atoms with Crippen molar-refractivity contribution in [3.63, 3.8) is 0 Å². The molecular weight excluding hydrogens is 148 g/mol. The number of aliphatic hydroxyl groups is 1. The Kier molecular flexibility index (Phi) is 3.80. The smallest absolute Gasteiger partial charge is 0.0723 e. The van der Waals surface area contributed by atoms with Gasteiger partial charge in [-0.2, -0.15) is 0 Å². The molecule has 0 saturated carbocycles. The summed E-state index contributed by atoms with van der Waals surface area (Å²) in [6.45, 7) is 4.49. The van der Waals surface area contributed by atoms with Crippen molar-refractivity contribution in [3.05, 3.63) is 11.6 Å². The van der Waals surface area contributed by atoms with E-state index in [1.807, 2.05) is 0 Å². The zero-order chi connectivity index (χ0) is 8.97. The van der Waals surface area contributed by atoms with Crippen molar-refractivity contribution in [1.82, 2.24) is 0 Å². The summed E-state index contributed by atoms with van der Waals surface area (Å²) in [4.78, 5) is 0. The number of aliphatic hydroxyl groups excluding tert-OH is 1. The summed E-state index contributed by atoms with van der Waals surface area (Å²) < 4.78 is 0. The number of allylic oxidation sites excluding steroid dienone is 1. The molecule has 0 saturated heterocycles. The monoisotopic (exact) mass is 168 g/mol. The summed E-state index contributed by atoms with van der Waals surface area (Å²) in [7, 11) is 0. The van der Waals surface area contributed by atoms with E-state index in [1.165, 1.54) is 31.3 Å². The summed E-state index contributed by atoms with van der Waals surface area (Å²) in [6, 6.07) is 0. The average Bonchev–Trinajstić information content (AvgIpc) is 2.05. The first-order valence-electron chi connectivity index (χ1n) is 5.12. The standard InChI is InChI=1S/C11H20O/c1-3-5-9(2)10-6-4-7-11(12)8-10/h8-9,11-12H,3-7H2,1-2H3. The fraction of sp³-hybridized carbons (Fsp3) is 0.818. The number of rotatable bonds is 3. The van der Waals surface area contributed by atoms with Crippen LogP contribution in [0.3, 0.4) is 0 Å². The second-order valence-electron chi connectivity index (χ2n) is 3.89. The van der Waals surface area contributed by atoms with Crippen LogP contribution < -0.4 is 0 Å². The lowest BCUT2D eigenvalue weighted by molar-refractivity contribution is 0.199. The highest BCUT2D eigenvalue weighted by Gasteiger charge is 2.14. The predicted octanol–water partition coefficient (Wildman–Crippen LogP) is 2.89. The van der Waals surface area contributed by atoms with Crippen LogP contribution in [0.25, 0.3) is 0 Å². The van der Waals surface area contributed by atoms with Gasteiger partial charge in [-0.15, -0.1) is 0 Å². The summed E-state index contributed by atoms with van der Waals surface area (Å²) in [6.07, 6.45) is 7.76. The van der Waals surface area contributed by atoms with Crippen molar-refractivity contribution >= 4 is 0 Å². The molecule has 1 nitrogen and oxygen atoms in total. The van der Waals surface area contributed by atoms with Gasteiger partial charge in [0.05, 0.1) is 6.10 Å². The Morgan fingerprint density at radius 3 is 3.00 bits per heavy atom. The topological polar surface area (TPSA) is 20.2 Å². The first-order chi connectivity index (χ1) is 5.74. The maximum absolute atomic E-state index is 9.42. The van der Waals surface area contributed by atoms with Gasteiger partial charge in [-0.3, -0.25) is 0 Å². The van der Waals surface area contributed by atoms with Gasteiger partial charge in [-0.1, -0.05) is 31.9 Å². The van der Waals surface area contributed by atoms with Gasteiger partial charge in [0, 0.05) is 0 Å². The summed E-state index contributed by atoms with van der Waals surface area (Å²) in [5, 5.41) is 9.42. The fourth-order valence-corrected chi connectivity index (χ4v) is 1.96. The van der Waals surface area contributed by atoms with E-state index >= 15 is 0 Å². The molecule has 1 N–H and O–H groups in total. The second-order valence-corrected chi connectivity index (χ2v) is 3.89. The van der Waals surface area contributed by atoms with Gasteiger partial charge in [0.25, 0.3) is 0 Å². The van der Waals surface area contributed by atoms with Crippen LogP contribution >= 0.6 is 0 Å². The molecule has 1 rings (SSSR count). The van der Waals surface area contributed by atoms with Crippen LogP contribution in [-0.4, -0.2) is 11.2 Å². The Morgan fingerprint density at radius 1 is 1.67 bits per heavy atom. The SMILES string of the molecule is CCCC(C)C1=CC(O)CCC1. The van der Waals surface area contributed by atoms with Gasteiger partial charge in [-0.05, 0) is 31.6 Å². The molecule has 1 aliphatic rings. The molecule has 0 fully saturated rings. The molecule has 0 radical (unpaired) electrons. The van der Waals surface area contributed by atoms with Crippen LogP contribution in [0.5, 0.6) is 0 Å². The Balaban J connectivity index is 2.48. The maximum atomic E-state index is 9.42. The highest BCUT2D eigenvalue weighted by atomic mass is 16.3. The fourth-order valence-electron chi connectivity index (χ4n) is 1.96. The zero-order valence-corrected chi connectivity index (χ0v) is 8.21. The van der Waals surface area contributed by atoms with Gasteiger partial charge in [-0.25, -0.2) is 0 Å². The van der Waals surface area contributed by atoms with Crippen LogP contribution in [0.15, 0.2) is 11.6 Å². The van der Waals surface area contributed by atoms with Crippen LogP contribution in [0.1, 0.15) is 46.0 Å². The molecule has 70 valence electrons. The van der Waals surface area contributed by atoms with E-state index in [4.69, 9.17) is 0 Å². The van der Waals surface area contributed by atoms with Crippen molar-refractivity contribution in [1.29, 1.82) is 0 Å². The third kappa shape index (κ3) is 2.63. The van der Waals surface area contributed by atoms with Crippen molar-refractivity contribution < 1.29 is 5.11 Å². The third-order valence-electron chi connectivity index (χ3n) is 2.73. The molecule has 1 aliphatic carbocycles. The second kappa shape index (κ2) is 4.66. The maximum Gasteiger partial charge on any atom is 0.0723 e. The third-order valence-corrected chi connectivity index (χ3v) is 2.73. The van der Waals surface area contributed by atoms with Crippen molar-refractivity contribution in [2.75, 3.05) is 0 Å². The highest BCUT2D eigenvalue weighted by Crippen LogP contribution is 2.26. The molecule has 0 aromatic carbocycles. The van der Waals surface area contributed by atoms with E-state index < -0.39 is 0 Å². The Hall–Kier alpha value is -0.300. The molecule has 0 amide bonds. The average molecular weight is 168 g/mol. The molecule has 0 heterocycles. The normalized spacial score (nSPS) is 26.6. The number of hydrogen-bond acceptors (Lipinski definition) is 1. The lowest BCUT2D eigenvalue weighted by Crippen LogP contribution is -2.12. The molecule has 12 heavy (non-hydrogen) atoms. The summed E-state index contributed by atoms with van der Waals surface area (Å²) >= 11 is 0. The van der Waals surface area contributed by atoms with Gasteiger partial charge < -0.3 is 5.11 Å².